The minimum absolute atomic E-state index is 0.150. The highest BCUT2D eigenvalue weighted by atomic mass is 35.5. The lowest BCUT2D eigenvalue weighted by Crippen LogP contribution is -2.07. The van der Waals surface area contributed by atoms with Crippen molar-refractivity contribution in [2.24, 2.45) is 0 Å². The Morgan fingerprint density at radius 2 is 2.05 bits per heavy atom. The molecule has 108 valence electrons. The molecule has 0 unspecified atom stereocenters. The number of pyridine rings is 1. The number of aliphatic hydroxyl groups is 1. The van der Waals surface area contributed by atoms with Gasteiger partial charge in [0.25, 0.3) is 0 Å². The van der Waals surface area contributed by atoms with Crippen LogP contribution in [0, 0.1) is 0 Å². The van der Waals surface area contributed by atoms with Gasteiger partial charge in [-0.05, 0) is 18.6 Å². The van der Waals surface area contributed by atoms with Crippen molar-refractivity contribution in [3.05, 3.63) is 40.3 Å². The van der Waals surface area contributed by atoms with Crippen LogP contribution in [0.1, 0.15) is 23.7 Å². The molecule has 2 aromatic heterocycles. The summed E-state index contributed by atoms with van der Waals surface area (Å²) >= 11 is 6.05. The van der Waals surface area contributed by atoms with Crippen LogP contribution in [0.25, 0.3) is 5.82 Å². The lowest BCUT2D eigenvalue weighted by atomic mass is 10.2. The molecule has 4 nitrogen and oxygen atoms in total. The minimum Gasteiger partial charge on any atom is -0.391 e. The molecule has 0 atom stereocenters. The largest absolute Gasteiger partial charge is 0.417 e. The molecule has 2 rings (SSSR count). The van der Waals surface area contributed by atoms with Crippen LogP contribution in [0.4, 0.5) is 13.2 Å². The van der Waals surface area contributed by atoms with Crippen molar-refractivity contribution >= 4 is 11.6 Å². The second-order valence-electron chi connectivity index (χ2n) is 4.04. The topological polar surface area (TPSA) is 50.9 Å². The minimum atomic E-state index is -4.44. The highest BCUT2D eigenvalue weighted by Crippen LogP contribution is 2.29. The van der Waals surface area contributed by atoms with E-state index in [1.54, 1.807) is 0 Å². The van der Waals surface area contributed by atoms with E-state index in [-0.39, 0.29) is 17.6 Å². The number of aryl methyl sites for hydroxylation is 1. The maximum atomic E-state index is 12.5. The third kappa shape index (κ3) is 2.64. The van der Waals surface area contributed by atoms with Crippen molar-refractivity contribution in [2.45, 2.75) is 26.1 Å². The van der Waals surface area contributed by atoms with Gasteiger partial charge in [0.1, 0.15) is 5.15 Å². The molecular weight excluding hydrogens is 295 g/mol. The summed E-state index contributed by atoms with van der Waals surface area (Å²) in [4.78, 5) is 3.71. The van der Waals surface area contributed by atoms with E-state index in [4.69, 9.17) is 11.6 Å². The third-order valence-corrected chi connectivity index (χ3v) is 3.18. The SMILES string of the molecule is CCc1nn(-c2ccc(C(F)(F)F)cn2)c(Cl)c1CO. The Bertz CT molecular complexity index is 608. The first-order chi connectivity index (χ1) is 9.38. The van der Waals surface area contributed by atoms with E-state index >= 15 is 0 Å². The Labute approximate surface area is 117 Å². The maximum absolute atomic E-state index is 12.5. The Morgan fingerprint density at radius 1 is 1.35 bits per heavy atom. The van der Waals surface area contributed by atoms with Gasteiger partial charge < -0.3 is 5.11 Å². The van der Waals surface area contributed by atoms with Crippen molar-refractivity contribution in [1.29, 1.82) is 0 Å². The predicted octanol–water partition coefficient (Wildman–Crippen LogP) is 2.99. The maximum Gasteiger partial charge on any atom is 0.417 e. The van der Waals surface area contributed by atoms with Gasteiger partial charge in [-0.15, -0.1) is 0 Å². The lowest BCUT2D eigenvalue weighted by Gasteiger charge is -2.07. The first-order valence-corrected chi connectivity index (χ1v) is 6.17. The van der Waals surface area contributed by atoms with Crippen molar-refractivity contribution in [1.82, 2.24) is 14.8 Å². The molecule has 0 radical (unpaired) electrons. The molecule has 0 fully saturated rings. The third-order valence-electron chi connectivity index (χ3n) is 2.79. The van der Waals surface area contributed by atoms with E-state index in [9.17, 15) is 18.3 Å². The van der Waals surface area contributed by atoms with Crippen molar-refractivity contribution < 1.29 is 18.3 Å². The second-order valence-corrected chi connectivity index (χ2v) is 4.40. The number of aliphatic hydroxyl groups excluding tert-OH is 1. The van der Waals surface area contributed by atoms with E-state index in [0.29, 0.717) is 17.7 Å². The Kier molecular flexibility index (Phi) is 4.01. The highest BCUT2D eigenvalue weighted by Gasteiger charge is 2.30. The molecule has 20 heavy (non-hydrogen) atoms. The zero-order chi connectivity index (χ0) is 14.9. The fourth-order valence-electron chi connectivity index (χ4n) is 1.74. The van der Waals surface area contributed by atoms with Crippen molar-refractivity contribution in [3.63, 3.8) is 0 Å². The summed E-state index contributed by atoms with van der Waals surface area (Å²) in [6.45, 7) is 1.55. The average molecular weight is 306 g/mol. The molecule has 0 aromatic carbocycles. The molecule has 0 spiro atoms. The van der Waals surface area contributed by atoms with E-state index in [0.717, 1.165) is 12.3 Å². The van der Waals surface area contributed by atoms with Crippen LogP contribution in [-0.2, 0) is 19.2 Å². The number of alkyl halides is 3. The molecule has 1 N–H and O–H groups in total. The molecule has 0 aliphatic heterocycles. The first kappa shape index (κ1) is 14.8. The van der Waals surface area contributed by atoms with Crippen LogP contribution < -0.4 is 0 Å². The van der Waals surface area contributed by atoms with Gasteiger partial charge in [0.2, 0.25) is 0 Å². The van der Waals surface area contributed by atoms with Crippen molar-refractivity contribution in [3.8, 4) is 5.82 Å². The fraction of sp³-hybridized carbons (Fsp3) is 0.333. The fourth-order valence-corrected chi connectivity index (χ4v) is 2.04. The zero-order valence-corrected chi connectivity index (χ0v) is 11.2. The van der Waals surface area contributed by atoms with E-state index in [1.807, 2.05) is 6.92 Å². The number of rotatable bonds is 3. The number of hydrogen-bond acceptors (Lipinski definition) is 3. The number of halogens is 4. The first-order valence-electron chi connectivity index (χ1n) is 5.79. The normalized spacial score (nSPS) is 11.9. The smallest absolute Gasteiger partial charge is 0.391 e. The number of nitrogens with zero attached hydrogens (tertiary/aromatic N) is 3. The Balaban J connectivity index is 2.44. The standard InChI is InChI=1S/C12H11ClF3N3O/c1-2-9-8(6-20)11(13)19(18-9)10-4-3-7(5-17-10)12(14,15)16/h3-5,20H,2,6H2,1H3. The molecule has 0 bridgehead atoms. The van der Waals surface area contributed by atoms with Gasteiger partial charge in [-0.25, -0.2) is 9.67 Å². The summed E-state index contributed by atoms with van der Waals surface area (Å²) in [6.07, 6.45) is -3.18. The average Bonchev–Trinajstić information content (AvgIpc) is 2.74. The molecule has 0 amide bonds. The second kappa shape index (κ2) is 5.41. The van der Waals surface area contributed by atoms with Crippen LogP contribution in [0.2, 0.25) is 5.15 Å². The van der Waals surface area contributed by atoms with Gasteiger partial charge >= 0.3 is 6.18 Å². The van der Waals surface area contributed by atoms with Gasteiger partial charge in [-0.1, -0.05) is 18.5 Å². The van der Waals surface area contributed by atoms with Gasteiger partial charge in [-0.3, -0.25) is 0 Å². The molecule has 0 aliphatic rings. The summed E-state index contributed by atoms with van der Waals surface area (Å²) in [5.41, 5.74) is 0.192. The number of hydrogen-bond donors (Lipinski definition) is 1. The molecule has 0 saturated carbocycles. The summed E-state index contributed by atoms with van der Waals surface area (Å²) in [6, 6.07) is 2.09. The highest BCUT2D eigenvalue weighted by molar-refractivity contribution is 6.30. The number of aromatic nitrogens is 3. The molecular formula is C12H11ClF3N3O. The van der Waals surface area contributed by atoms with Gasteiger partial charge in [0, 0.05) is 11.8 Å². The van der Waals surface area contributed by atoms with Crippen LogP contribution in [0.5, 0.6) is 0 Å². The van der Waals surface area contributed by atoms with E-state index < -0.39 is 11.7 Å². The molecule has 8 heteroatoms. The van der Waals surface area contributed by atoms with Crippen molar-refractivity contribution in [2.75, 3.05) is 0 Å². The van der Waals surface area contributed by atoms with Crippen LogP contribution in [0.15, 0.2) is 18.3 Å². The Morgan fingerprint density at radius 3 is 2.45 bits per heavy atom. The van der Waals surface area contributed by atoms with Crippen LogP contribution in [0.3, 0.4) is 0 Å². The summed E-state index contributed by atoms with van der Waals surface area (Å²) in [7, 11) is 0. The Hall–Kier alpha value is -1.60. The summed E-state index contributed by atoms with van der Waals surface area (Å²) < 4.78 is 38.6. The van der Waals surface area contributed by atoms with Crippen LogP contribution in [-0.4, -0.2) is 19.9 Å². The van der Waals surface area contributed by atoms with Crippen LogP contribution >= 0.6 is 11.6 Å². The van der Waals surface area contributed by atoms with E-state index in [2.05, 4.69) is 10.1 Å². The molecule has 2 heterocycles. The van der Waals surface area contributed by atoms with Gasteiger partial charge in [0.05, 0.1) is 17.9 Å². The van der Waals surface area contributed by atoms with Gasteiger partial charge in [0.15, 0.2) is 5.82 Å². The zero-order valence-electron chi connectivity index (χ0n) is 10.4. The predicted molar refractivity (Wildman–Crippen MR) is 66.7 cm³/mol. The molecule has 0 aliphatic carbocycles. The molecule has 2 aromatic rings. The lowest BCUT2D eigenvalue weighted by molar-refractivity contribution is -0.137. The van der Waals surface area contributed by atoms with E-state index in [1.165, 1.54) is 10.7 Å². The summed E-state index contributed by atoms with van der Waals surface area (Å²) in [5.74, 6) is 0.164. The molecule has 0 saturated heterocycles. The quantitative estimate of drug-likeness (QED) is 0.948. The monoisotopic (exact) mass is 305 g/mol. The van der Waals surface area contributed by atoms with Gasteiger partial charge in [-0.2, -0.15) is 18.3 Å². The summed E-state index contributed by atoms with van der Waals surface area (Å²) in [5, 5.41) is 13.5.